The van der Waals surface area contributed by atoms with Gasteiger partial charge in [-0.1, -0.05) is 6.92 Å². The Hall–Kier alpha value is -0.610. The molecule has 2 aliphatic heterocycles. The van der Waals surface area contributed by atoms with Gasteiger partial charge in [0.15, 0.2) is 0 Å². The van der Waals surface area contributed by atoms with Gasteiger partial charge in [0.25, 0.3) is 0 Å². The van der Waals surface area contributed by atoms with Crippen molar-refractivity contribution in [3.63, 3.8) is 0 Å². The minimum absolute atomic E-state index is 0.314. The van der Waals surface area contributed by atoms with Gasteiger partial charge in [-0.3, -0.25) is 9.69 Å². The maximum Gasteiger partial charge on any atom is 0.242 e. The quantitative estimate of drug-likeness (QED) is 0.834. The molecule has 0 bridgehead atoms. The highest BCUT2D eigenvalue weighted by atomic mass is 16.2. The number of hydrogen-bond acceptors (Lipinski definition) is 3. The van der Waals surface area contributed by atoms with Crippen LogP contribution in [-0.2, 0) is 4.79 Å². The van der Waals surface area contributed by atoms with E-state index in [0.29, 0.717) is 5.91 Å². The number of nitrogens with one attached hydrogen (secondary N) is 1. The van der Waals surface area contributed by atoms with Gasteiger partial charge < -0.3 is 10.2 Å². The molecule has 2 saturated heterocycles. The number of carbonyl (C=O) groups is 1. The second-order valence-corrected chi connectivity index (χ2v) is 6.49. The van der Waals surface area contributed by atoms with Crippen LogP contribution in [0.4, 0.5) is 0 Å². The van der Waals surface area contributed by atoms with Crippen molar-refractivity contribution in [2.24, 2.45) is 5.92 Å². The molecule has 2 aliphatic rings. The molecule has 2 fully saturated rings. The minimum Gasteiger partial charge on any atom is -0.340 e. The van der Waals surface area contributed by atoms with Gasteiger partial charge in [-0.15, -0.1) is 0 Å². The average Bonchev–Trinajstić information content (AvgIpc) is 2.40. The maximum atomic E-state index is 12.6. The molecular formula is C15H29N3O. The fourth-order valence-electron chi connectivity index (χ4n) is 3.32. The molecule has 0 aromatic carbocycles. The van der Waals surface area contributed by atoms with E-state index in [1.54, 1.807) is 0 Å². The number of hydrogen-bond donors (Lipinski definition) is 1. The summed E-state index contributed by atoms with van der Waals surface area (Å²) in [5.41, 5.74) is -0.321. The van der Waals surface area contributed by atoms with E-state index in [2.05, 4.69) is 31.0 Å². The third-order valence-electron chi connectivity index (χ3n) is 4.67. The molecule has 0 atom stereocenters. The SMILES string of the molecule is CCCN1CCN(CC2CCNCC2)C(C)(C)C1=O. The van der Waals surface area contributed by atoms with Crippen molar-refractivity contribution in [3.8, 4) is 0 Å². The standard InChI is InChI=1S/C15H29N3O/c1-4-9-17-10-11-18(15(2,3)14(17)19)12-13-5-7-16-8-6-13/h13,16H,4-12H2,1-3H3. The number of nitrogens with zero attached hydrogens (tertiary/aromatic N) is 2. The summed E-state index contributed by atoms with van der Waals surface area (Å²) in [5, 5.41) is 3.41. The predicted octanol–water partition coefficient (Wildman–Crippen LogP) is 1.32. The molecule has 2 heterocycles. The van der Waals surface area contributed by atoms with E-state index in [4.69, 9.17) is 0 Å². The Morgan fingerprint density at radius 3 is 2.58 bits per heavy atom. The van der Waals surface area contributed by atoms with Crippen LogP contribution in [0.3, 0.4) is 0 Å². The van der Waals surface area contributed by atoms with Gasteiger partial charge in [0.05, 0.1) is 5.54 Å². The number of rotatable bonds is 4. The Morgan fingerprint density at radius 2 is 1.95 bits per heavy atom. The van der Waals surface area contributed by atoms with Crippen LogP contribution >= 0.6 is 0 Å². The lowest BCUT2D eigenvalue weighted by atomic mass is 9.92. The zero-order chi connectivity index (χ0) is 13.9. The largest absolute Gasteiger partial charge is 0.340 e. The van der Waals surface area contributed by atoms with E-state index < -0.39 is 0 Å². The maximum absolute atomic E-state index is 12.6. The van der Waals surface area contributed by atoms with E-state index in [1.165, 1.54) is 12.8 Å². The van der Waals surface area contributed by atoms with E-state index in [0.717, 1.165) is 51.6 Å². The van der Waals surface area contributed by atoms with Crippen molar-refractivity contribution < 1.29 is 4.79 Å². The van der Waals surface area contributed by atoms with Gasteiger partial charge in [-0.2, -0.15) is 0 Å². The van der Waals surface area contributed by atoms with Crippen LogP contribution in [0.2, 0.25) is 0 Å². The summed E-state index contributed by atoms with van der Waals surface area (Å²) in [6.45, 7) is 12.5. The topological polar surface area (TPSA) is 35.6 Å². The molecule has 0 saturated carbocycles. The van der Waals surface area contributed by atoms with Gasteiger partial charge in [-0.25, -0.2) is 0 Å². The lowest BCUT2D eigenvalue weighted by Gasteiger charge is -2.47. The Labute approximate surface area is 117 Å². The zero-order valence-corrected chi connectivity index (χ0v) is 12.7. The minimum atomic E-state index is -0.321. The van der Waals surface area contributed by atoms with Gasteiger partial charge in [0.1, 0.15) is 0 Å². The smallest absolute Gasteiger partial charge is 0.242 e. The molecule has 0 aliphatic carbocycles. The first kappa shape index (κ1) is 14.8. The van der Waals surface area contributed by atoms with Crippen LogP contribution in [0, 0.1) is 5.92 Å². The van der Waals surface area contributed by atoms with Gasteiger partial charge in [-0.05, 0) is 52.1 Å². The summed E-state index contributed by atoms with van der Waals surface area (Å²) < 4.78 is 0. The fraction of sp³-hybridized carbons (Fsp3) is 0.933. The zero-order valence-electron chi connectivity index (χ0n) is 12.7. The van der Waals surface area contributed by atoms with Gasteiger partial charge >= 0.3 is 0 Å². The van der Waals surface area contributed by atoms with Crippen molar-refractivity contribution in [1.82, 2.24) is 15.1 Å². The first-order chi connectivity index (χ1) is 9.05. The Bertz CT molecular complexity index is 311. The van der Waals surface area contributed by atoms with Crippen LogP contribution in [0.5, 0.6) is 0 Å². The number of amides is 1. The summed E-state index contributed by atoms with van der Waals surface area (Å²) in [7, 11) is 0. The lowest BCUT2D eigenvalue weighted by molar-refractivity contribution is -0.149. The molecule has 0 aromatic heterocycles. The second-order valence-electron chi connectivity index (χ2n) is 6.49. The third-order valence-corrected chi connectivity index (χ3v) is 4.67. The third kappa shape index (κ3) is 3.29. The van der Waals surface area contributed by atoms with Crippen molar-refractivity contribution in [3.05, 3.63) is 0 Å². The summed E-state index contributed by atoms with van der Waals surface area (Å²) >= 11 is 0. The van der Waals surface area contributed by atoms with Gasteiger partial charge in [0, 0.05) is 26.2 Å². The summed E-state index contributed by atoms with van der Waals surface area (Å²) in [4.78, 5) is 17.0. The Balaban J connectivity index is 1.96. The van der Waals surface area contributed by atoms with Crippen LogP contribution in [-0.4, -0.2) is 60.5 Å². The van der Waals surface area contributed by atoms with Crippen molar-refractivity contribution in [2.45, 2.75) is 45.6 Å². The van der Waals surface area contributed by atoms with Crippen molar-refractivity contribution >= 4 is 5.91 Å². The summed E-state index contributed by atoms with van der Waals surface area (Å²) in [6, 6.07) is 0. The monoisotopic (exact) mass is 267 g/mol. The first-order valence-electron chi connectivity index (χ1n) is 7.81. The number of piperazine rings is 1. The predicted molar refractivity (Wildman–Crippen MR) is 78.1 cm³/mol. The lowest BCUT2D eigenvalue weighted by Crippen LogP contribution is -2.64. The molecular weight excluding hydrogens is 238 g/mol. The molecule has 0 spiro atoms. The van der Waals surface area contributed by atoms with Gasteiger partial charge in [0.2, 0.25) is 5.91 Å². The van der Waals surface area contributed by atoms with Crippen molar-refractivity contribution in [1.29, 1.82) is 0 Å². The Morgan fingerprint density at radius 1 is 1.26 bits per heavy atom. The van der Waals surface area contributed by atoms with E-state index in [1.807, 2.05) is 4.90 Å². The normalized spacial score (nSPS) is 25.8. The van der Waals surface area contributed by atoms with E-state index >= 15 is 0 Å². The highest BCUT2D eigenvalue weighted by molar-refractivity contribution is 5.86. The first-order valence-corrected chi connectivity index (χ1v) is 7.81. The van der Waals surface area contributed by atoms with Crippen LogP contribution in [0.15, 0.2) is 0 Å². The van der Waals surface area contributed by atoms with E-state index in [-0.39, 0.29) is 5.54 Å². The molecule has 110 valence electrons. The molecule has 4 nitrogen and oxygen atoms in total. The highest BCUT2D eigenvalue weighted by Crippen LogP contribution is 2.25. The van der Waals surface area contributed by atoms with Crippen LogP contribution < -0.4 is 5.32 Å². The molecule has 19 heavy (non-hydrogen) atoms. The summed E-state index contributed by atoms with van der Waals surface area (Å²) in [5.74, 6) is 1.07. The Kier molecular flexibility index (Phi) is 4.85. The number of carbonyl (C=O) groups excluding carboxylic acids is 1. The highest BCUT2D eigenvalue weighted by Gasteiger charge is 2.41. The fourth-order valence-corrected chi connectivity index (χ4v) is 3.32. The molecule has 1 amide bonds. The molecule has 2 rings (SSSR count). The second kappa shape index (κ2) is 6.23. The molecule has 0 aromatic rings. The average molecular weight is 267 g/mol. The molecule has 4 heteroatoms. The number of piperidine rings is 1. The van der Waals surface area contributed by atoms with Crippen LogP contribution in [0.25, 0.3) is 0 Å². The molecule has 0 unspecified atom stereocenters. The summed E-state index contributed by atoms with van der Waals surface area (Å²) in [6.07, 6.45) is 3.55. The molecule has 1 N–H and O–H groups in total. The van der Waals surface area contributed by atoms with Crippen molar-refractivity contribution in [2.75, 3.05) is 39.3 Å². The molecule has 0 radical (unpaired) electrons. The van der Waals surface area contributed by atoms with Crippen LogP contribution in [0.1, 0.15) is 40.0 Å². The van der Waals surface area contributed by atoms with E-state index in [9.17, 15) is 4.79 Å².